The Morgan fingerprint density at radius 2 is 2.03 bits per heavy atom. The number of benzene rings is 2. The van der Waals surface area contributed by atoms with Crippen LogP contribution in [0, 0.1) is 13.8 Å². The third-order valence-corrected chi connectivity index (χ3v) is 7.28. The molecule has 1 atom stereocenters. The molecule has 1 aromatic heterocycles. The zero-order valence-corrected chi connectivity index (χ0v) is 18.6. The van der Waals surface area contributed by atoms with Crippen LogP contribution in [0.5, 0.6) is 0 Å². The number of nitrogens with zero attached hydrogens (tertiary/aromatic N) is 3. The van der Waals surface area contributed by atoms with Gasteiger partial charge in [0.15, 0.2) is 5.16 Å². The van der Waals surface area contributed by atoms with Crippen LogP contribution in [0.25, 0.3) is 5.69 Å². The van der Waals surface area contributed by atoms with Gasteiger partial charge >= 0.3 is 0 Å². The van der Waals surface area contributed by atoms with E-state index in [4.69, 9.17) is 0 Å². The van der Waals surface area contributed by atoms with Crippen molar-refractivity contribution in [2.24, 2.45) is 0 Å². The van der Waals surface area contributed by atoms with E-state index in [1.165, 1.54) is 27.8 Å². The van der Waals surface area contributed by atoms with Gasteiger partial charge in [0.05, 0.1) is 17.1 Å². The summed E-state index contributed by atoms with van der Waals surface area (Å²) in [6.45, 7) is 7.19. The van der Waals surface area contributed by atoms with Crippen LogP contribution in [-0.4, -0.2) is 33.0 Å². The maximum Gasteiger partial charge on any atom is 0.237 e. The summed E-state index contributed by atoms with van der Waals surface area (Å²) in [6, 6.07) is 14.6. The van der Waals surface area contributed by atoms with Crippen molar-refractivity contribution in [2.45, 2.75) is 42.5 Å². The highest BCUT2D eigenvalue weighted by Gasteiger charge is 2.24. The van der Waals surface area contributed by atoms with Crippen LogP contribution >= 0.6 is 23.5 Å². The molecule has 0 saturated carbocycles. The number of rotatable bonds is 4. The second-order valence-electron chi connectivity index (χ2n) is 7.39. The fourth-order valence-electron chi connectivity index (χ4n) is 3.61. The van der Waals surface area contributed by atoms with Crippen molar-refractivity contribution in [1.29, 1.82) is 0 Å². The molecule has 3 aromatic rings. The molecule has 0 spiro atoms. The molecule has 1 aliphatic heterocycles. The lowest BCUT2D eigenvalue weighted by Gasteiger charge is -2.22. The quantitative estimate of drug-likeness (QED) is 0.520. The van der Waals surface area contributed by atoms with E-state index in [-0.39, 0.29) is 5.91 Å². The Kier molecular flexibility index (Phi) is 6.01. The fourth-order valence-corrected chi connectivity index (χ4v) is 5.56. The van der Waals surface area contributed by atoms with Crippen LogP contribution in [-0.2, 0) is 4.79 Å². The molecule has 0 N–H and O–H groups in total. The number of fused-ring (bicyclic) bond motifs is 1. The van der Waals surface area contributed by atoms with Crippen molar-refractivity contribution >= 4 is 35.1 Å². The number of imidazole rings is 1. The summed E-state index contributed by atoms with van der Waals surface area (Å²) < 4.78 is 2.07. The predicted octanol–water partition coefficient (Wildman–Crippen LogP) is 5.50. The highest BCUT2D eigenvalue weighted by atomic mass is 32.2. The van der Waals surface area contributed by atoms with Gasteiger partial charge in [-0.2, -0.15) is 0 Å². The number of aromatic nitrogens is 2. The maximum atomic E-state index is 13.1. The van der Waals surface area contributed by atoms with E-state index in [0.29, 0.717) is 11.0 Å². The largest absolute Gasteiger partial charge is 0.311 e. The first-order chi connectivity index (χ1) is 14.0. The smallest absolute Gasteiger partial charge is 0.237 e. The SMILES string of the molecule is Cc1ccc(-n2ccnc2SCC(=O)N2CCC(C)Sc3ccccc32)c(C)c1. The molecule has 4 rings (SSSR count). The van der Waals surface area contributed by atoms with Gasteiger partial charge in [-0.25, -0.2) is 4.98 Å². The number of carbonyl (C=O) groups is 1. The molecule has 1 unspecified atom stereocenters. The third-order valence-electron chi connectivity index (χ3n) is 5.09. The molecule has 4 nitrogen and oxygen atoms in total. The molecule has 2 heterocycles. The Balaban J connectivity index is 1.52. The predicted molar refractivity (Wildman–Crippen MR) is 122 cm³/mol. The first-order valence-electron chi connectivity index (χ1n) is 9.83. The fraction of sp³-hybridized carbons (Fsp3) is 0.304. The zero-order chi connectivity index (χ0) is 20.4. The average molecular weight is 424 g/mol. The van der Waals surface area contributed by atoms with Gasteiger partial charge in [-0.1, -0.05) is 48.5 Å². The van der Waals surface area contributed by atoms with Crippen LogP contribution in [0.1, 0.15) is 24.5 Å². The lowest BCUT2D eigenvalue weighted by molar-refractivity contribution is -0.116. The van der Waals surface area contributed by atoms with E-state index in [9.17, 15) is 4.79 Å². The number of aryl methyl sites for hydroxylation is 2. The minimum Gasteiger partial charge on any atom is -0.311 e. The number of para-hydroxylation sites is 1. The molecule has 2 aromatic carbocycles. The first kappa shape index (κ1) is 20.1. The number of amides is 1. The van der Waals surface area contributed by atoms with Gasteiger partial charge in [-0.15, -0.1) is 11.8 Å². The van der Waals surface area contributed by atoms with Crippen molar-refractivity contribution in [1.82, 2.24) is 9.55 Å². The molecule has 0 fully saturated rings. The minimum atomic E-state index is 0.132. The molecule has 1 aliphatic rings. The number of thioether (sulfide) groups is 2. The normalized spacial score (nSPS) is 16.4. The van der Waals surface area contributed by atoms with E-state index >= 15 is 0 Å². The monoisotopic (exact) mass is 423 g/mol. The summed E-state index contributed by atoms with van der Waals surface area (Å²) in [5.41, 5.74) is 4.57. The second-order valence-corrected chi connectivity index (χ2v) is 9.81. The highest BCUT2D eigenvalue weighted by Crippen LogP contribution is 2.37. The molecule has 150 valence electrons. The van der Waals surface area contributed by atoms with Crippen molar-refractivity contribution in [3.8, 4) is 5.69 Å². The van der Waals surface area contributed by atoms with E-state index in [1.807, 2.05) is 35.0 Å². The molecular weight excluding hydrogens is 398 g/mol. The Bertz CT molecular complexity index is 1030. The number of hydrogen-bond donors (Lipinski definition) is 0. The highest BCUT2D eigenvalue weighted by molar-refractivity contribution is 8.00. The number of anilines is 1. The zero-order valence-electron chi connectivity index (χ0n) is 17.0. The summed E-state index contributed by atoms with van der Waals surface area (Å²) in [6.07, 6.45) is 4.75. The summed E-state index contributed by atoms with van der Waals surface area (Å²) in [5.74, 6) is 0.502. The van der Waals surface area contributed by atoms with E-state index in [2.05, 4.69) is 60.7 Å². The molecule has 0 bridgehead atoms. The van der Waals surface area contributed by atoms with Crippen molar-refractivity contribution in [2.75, 3.05) is 17.2 Å². The maximum absolute atomic E-state index is 13.1. The Morgan fingerprint density at radius 3 is 2.86 bits per heavy atom. The van der Waals surface area contributed by atoms with E-state index in [1.54, 1.807) is 6.20 Å². The number of hydrogen-bond acceptors (Lipinski definition) is 4. The van der Waals surface area contributed by atoms with Gasteiger partial charge in [-0.05, 0) is 44.0 Å². The molecule has 0 aliphatic carbocycles. The average Bonchev–Trinajstić information content (AvgIpc) is 3.08. The van der Waals surface area contributed by atoms with Gasteiger partial charge < -0.3 is 4.90 Å². The summed E-state index contributed by atoms with van der Waals surface area (Å²) >= 11 is 3.35. The molecule has 29 heavy (non-hydrogen) atoms. The Morgan fingerprint density at radius 1 is 1.21 bits per heavy atom. The first-order valence-corrected chi connectivity index (χ1v) is 11.7. The summed E-state index contributed by atoms with van der Waals surface area (Å²) in [4.78, 5) is 20.8. The van der Waals surface area contributed by atoms with Crippen LogP contribution < -0.4 is 4.90 Å². The van der Waals surface area contributed by atoms with Gasteiger partial charge in [0.1, 0.15) is 0 Å². The Labute approximate surface area is 180 Å². The molecule has 0 radical (unpaired) electrons. The number of carbonyl (C=O) groups excluding carboxylic acids is 1. The standard InChI is InChI=1S/C23H25N3OS2/c1-16-8-9-19(17(2)14-16)26-13-11-24-23(26)28-15-22(27)25-12-10-18(3)29-21-7-5-4-6-20(21)25/h4-9,11,13-14,18H,10,12,15H2,1-3H3. The van der Waals surface area contributed by atoms with Gasteiger partial charge in [0.25, 0.3) is 0 Å². The van der Waals surface area contributed by atoms with Crippen LogP contribution in [0.15, 0.2) is 64.9 Å². The molecule has 1 amide bonds. The summed E-state index contributed by atoms with van der Waals surface area (Å²) in [5, 5.41) is 1.35. The molecular formula is C23H25N3OS2. The Hall–Kier alpha value is -2.18. The van der Waals surface area contributed by atoms with Gasteiger partial charge in [0, 0.05) is 29.1 Å². The van der Waals surface area contributed by atoms with Gasteiger partial charge in [-0.3, -0.25) is 9.36 Å². The van der Waals surface area contributed by atoms with Crippen LogP contribution in [0.4, 0.5) is 5.69 Å². The van der Waals surface area contributed by atoms with Crippen molar-refractivity contribution < 1.29 is 4.79 Å². The third kappa shape index (κ3) is 4.38. The molecule has 0 saturated heterocycles. The van der Waals surface area contributed by atoms with Crippen LogP contribution in [0.3, 0.4) is 0 Å². The molecule has 6 heteroatoms. The van der Waals surface area contributed by atoms with Gasteiger partial charge in [0.2, 0.25) is 5.91 Å². The summed E-state index contributed by atoms with van der Waals surface area (Å²) in [7, 11) is 0. The van der Waals surface area contributed by atoms with Crippen LogP contribution in [0.2, 0.25) is 0 Å². The lowest BCUT2D eigenvalue weighted by Crippen LogP contribution is -2.33. The van der Waals surface area contributed by atoms with Crippen molar-refractivity contribution in [3.63, 3.8) is 0 Å². The van der Waals surface area contributed by atoms with E-state index < -0.39 is 0 Å². The van der Waals surface area contributed by atoms with E-state index in [0.717, 1.165) is 29.5 Å². The van der Waals surface area contributed by atoms with Crippen molar-refractivity contribution in [3.05, 3.63) is 66.0 Å². The second kappa shape index (κ2) is 8.67. The lowest BCUT2D eigenvalue weighted by atomic mass is 10.1. The topological polar surface area (TPSA) is 38.1 Å². The minimum absolute atomic E-state index is 0.132.